The van der Waals surface area contributed by atoms with E-state index in [0.29, 0.717) is 24.7 Å². The van der Waals surface area contributed by atoms with Crippen LogP contribution in [0, 0.1) is 0 Å². The maximum atomic E-state index is 13.0. The molecule has 2 heterocycles. The molecule has 0 bridgehead atoms. The van der Waals surface area contributed by atoms with Gasteiger partial charge in [-0.25, -0.2) is 0 Å². The Bertz CT molecular complexity index is 928. The van der Waals surface area contributed by atoms with E-state index < -0.39 is 0 Å². The predicted octanol–water partition coefficient (Wildman–Crippen LogP) is 3.94. The van der Waals surface area contributed by atoms with Gasteiger partial charge >= 0.3 is 0 Å². The molecule has 0 aliphatic carbocycles. The Morgan fingerprint density at radius 2 is 1.94 bits per heavy atom. The number of hydrogen-bond donors (Lipinski definition) is 1. The van der Waals surface area contributed by atoms with Crippen LogP contribution >= 0.6 is 0 Å². The van der Waals surface area contributed by atoms with Crippen molar-refractivity contribution in [1.29, 1.82) is 0 Å². The molecular formula is C26H36N4O2. The van der Waals surface area contributed by atoms with E-state index in [0.717, 1.165) is 30.8 Å². The number of rotatable bonds is 8. The van der Waals surface area contributed by atoms with Gasteiger partial charge in [-0.15, -0.1) is 6.58 Å². The third kappa shape index (κ3) is 5.19. The Labute approximate surface area is 192 Å². The SMILES string of the molecule is C=CCN1CC(C)N(C(c2cccc(O)c2)c2cncc(C(=O)N(CC)CC)c2)CC1C. The minimum absolute atomic E-state index is 0.00349. The third-order valence-corrected chi connectivity index (χ3v) is 6.42. The molecule has 6 nitrogen and oxygen atoms in total. The molecular weight excluding hydrogens is 400 g/mol. The maximum absolute atomic E-state index is 13.0. The summed E-state index contributed by atoms with van der Waals surface area (Å²) in [6, 6.07) is 9.91. The second kappa shape index (κ2) is 10.7. The number of pyridine rings is 1. The number of phenolic OH excluding ortho intramolecular Hbond substituents is 1. The standard InChI is InChI=1S/C26H36N4O2/c1-6-12-29-17-20(5)30(18-19(29)4)25(21-10-9-11-24(31)14-21)22-13-23(16-27-15-22)26(32)28(7-2)8-3/h6,9-11,13-16,19-20,25,31H,1,7-8,12,17-18H2,2-5H3. The van der Waals surface area contributed by atoms with Crippen molar-refractivity contribution in [2.45, 2.75) is 45.8 Å². The lowest BCUT2D eigenvalue weighted by Gasteiger charge is -2.47. The van der Waals surface area contributed by atoms with Crippen molar-refractivity contribution in [2.24, 2.45) is 0 Å². The summed E-state index contributed by atoms with van der Waals surface area (Å²) in [5.74, 6) is 0.234. The van der Waals surface area contributed by atoms with E-state index in [4.69, 9.17) is 0 Å². The van der Waals surface area contributed by atoms with E-state index in [1.54, 1.807) is 12.3 Å². The van der Waals surface area contributed by atoms with E-state index in [9.17, 15) is 9.90 Å². The molecule has 0 saturated carbocycles. The number of piperazine rings is 1. The van der Waals surface area contributed by atoms with Gasteiger partial charge in [0.05, 0.1) is 11.6 Å². The summed E-state index contributed by atoms with van der Waals surface area (Å²) in [4.78, 5) is 24.1. The van der Waals surface area contributed by atoms with Crippen LogP contribution in [0.4, 0.5) is 0 Å². The summed E-state index contributed by atoms with van der Waals surface area (Å²) >= 11 is 0. The average Bonchev–Trinajstić information content (AvgIpc) is 2.78. The maximum Gasteiger partial charge on any atom is 0.255 e. The molecule has 1 aromatic heterocycles. The average molecular weight is 437 g/mol. The van der Waals surface area contributed by atoms with Crippen LogP contribution < -0.4 is 0 Å². The molecule has 1 N–H and O–H groups in total. The zero-order valence-corrected chi connectivity index (χ0v) is 19.7. The van der Waals surface area contributed by atoms with Crippen molar-refractivity contribution < 1.29 is 9.90 Å². The minimum atomic E-state index is -0.109. The van der Waals surface area contributed by atoms with Gasteiger partial charge in [0.15, 0.2) is 0 Å². The molecule has 172 valence electrons. The lowest BCUT2D eigenvalue weighted by atomic mass is 9.93. The number of carbonyl (C=O) groups excluding carboxylic acids is 1. The highest BCUT2D eigenvalue weighted by molar-refractivity contribution is 5.94. The smallest absolute Gasteiger partial charge is 0.255 e. The highest BCUT2D eigenvalue weighted by Gasteiger charge is 2.35. The second-order valence-electron chi connectivity index (χ2n) is 8.62. The Morgan fingerprint density at radius 1 is 1.19 bits per heavy atom. The first-order valence-corrected chi connectivity index (χ1v) is 11.5. The molecule has 1 amide bonds. The number of hydrogen-bond acceptors (Lipinski definition) is 5. The minimum Gasteiger partial charge on any atom is -0.508 e. The Balaban J connectivity index is 2.03. The molecule has 3 atom stereocenters. The van der Waals surface area contributed by atoms with E-state index in [-0.39, 0.29) is 23.7 Å². The number of nitrogens with zero attached hydrogens (tertiary/aromatic N) is 4. The van der Waals surface area contributed by atoms with Crippen molar-refractivity contribution in [2.75, 3.05) is 32.7 Å². The van der Waals surface area contributed by atoms with Crippen LogP contribution in [0.25, 0.3) is 0 Å². The van der Waals surface area contributed by atoms with E-state index in [1.807, 2.05) is 55.3 Å². The number of carbonyl (C=O) groups is 1. The molecule has 1 saturated heterocycles. The van der Waals surface area contributed by atoms with Gasteiger partial charge in [-0.3, -0.25) is 19.6 Å². The van der Waals surface area contributed by atoms with Gasteiger partial charge in [-0.05, 0) is 57.0 Å². The van der Waals surface area contributed by atoms with Crippen LogP contribution in [0.3, 0.4) is 0 Å². The summed E-state index contributed by atoms with van der Waals surface area (Å²) in [5.41, 5.74) is 2.56. The van der Waals surface area contributed by atoms with Crippen molar-refractivity contribution >= 4 is 5.91 Å². The normalized spacial score (nSPS) is 20.6. The van der Waals surface area contributed by atoms with Gasteiger partial charge in [0.2, 0.25) is 0 Å². The molecule has 6 heteroatoms. The van der Waals surface area contributed by atoms with Crippen molar-refractivity contribution in [3.8, 4) is 5.75 Å². The molecule has 1 aliphatic rings. The van der Waals surface area contributed by atoms with Crippen molar-refractivity contribution in [1.82, 2.24) is 19.7 Å². The van der Waals surface area contributed by atoms with E-state index >= 15 is 0 Å². The first kappa shape index (κ1) is 24.0. The van der Waals surface area contributed by atoms with Crippen LogP contribution in [0.5, 0.6) is 5.75 Å². The van der Waals surface area contributed by atoms with Crippen molar-refractivity contribution in [3.05, 3.63) is 72.1 Å². The summed E-state index contributed by atoms with van der Waals surface area (Å²) in [5, 5.41) is 10.2. The second-order valence-corrected chi connectivity index (χ2v) is 8.62. The van der Waals surface area contributed by atoms with Gasteiger partial charge < -0.3 is 10.0 Å². The number of aromatic hydroxyl groups is 1. The van der Waals surface area contributed by atoms with Gasteiger partial charge in [0.1, 0.15) is 5.75 Å². The fourth-order valence-electron chi connectivity index (χ4n) is 4.69. The Hall–Kier alpha value is -2.70. The Kier molecular flexibility index (Phi) is 8.04. The molecule has 1 aliphatic heterocycles. The first-order chi connectivity index (χ1) is 15.4. The first-order valence-electron chi connectivity index (χ1n) is 11.5. The van der Waals surface area contributed by atoms with E-state index in [2.05, 4.69) is 35.2 Å². The van der Waals surface area contributed by atoms with Gasteiger partial charge in [-0.2, -0.15) is 0 Å². The topological polar surface area (TPSA) is 59.9 Å². The van der Waals surface area contributed by atoms with Crippen LogP contribution in [-0.4, -0.2) is 75.5 Å². The summed E-state index contributed by atoms with van der Waals surface area (Å²) in [6.07, 6.45) is 5.46. The summed E-state index contributed by atoms with van der Waals surface area (Å²) in [7, 11) is 0. The molecule has 0 radical (unpaired) electrons. The zero-order chi connectivity index (χ0) is 23.3. The lowest BCUT2D eigenvalue weighted by molar-refractivity contribution is 0.0305. The van der Waals surface area contributed by atoms with Crippen LogP contribution in [0.2, 0.25) is 0 Å². The van der Waals surface area contributed by atoms with Crippen LogP contribution in [-0.2, 0) is 0 Å². The quantitative estimate of drug-likeness (QED) is 0.635. The van der Waals surface area contributed by atoms with Gasteiger partial charge in [-0.1, -0.05) is 18.2 Å². The number of amides is 1. The molecule has 0 spiro atoms. The molecule has 32 heavy (non-hydrogen) atoms. The fraction of sp³-hybridized carbons (Fsp3) is 0.462. The lowest BCUT2D eigenvalue weighted by Crippen LogP contribution is -2.57. The highest BCUT2D eigenvalue weighted by Crippen LogP contribution is 2.34. The fourth-order valence-corrected chi connectivity index (χ4v) is 4.69. The highest BCUT2D eigenvalue weighted by atomic mass is 16.3. The van der Waals surface area contributed by atoms with Crippen molar-refractivity contribution in [3.63, 3.8) is 0 Å². The summed E-state index contributed by atoms with van der Waals surface area (Å²) in [6.45, 7) is 16.3. The molecule has 1 fully saturated rings. The molecule has 3 unspecified atom stereocenters. The number of benzene rings is 1. The number of phenols is 1. The van der Waals surface area contributed by atoms with Gasteiger partial charge in [0.25, 0.3) is 5.91 Å². The molecule has 1 aromatic carbocycles. The zero-order valence-electron chi connectivity index (χ0n) is 19.7. The van der Waals surface area contributed by atoms with Gasteiger partial charge in [0, 0.05) is 57.2 Å². The molecule has 3 rings (SSSR count). The monoisotopic (exact) mass is 436 g/mol. The van der Waals surface area contributed by atoms with E-state index in [1.165, 1.54) is 0 Å². The summed E-state index contributed by atoms with van der Waals surface area (Å²) < 4.78 is 0. The van der Waals surface area contributed by atoms with Crippen LogP contribution in [0.1, 0.15) is 55.2 Å². The number of aromatic nitrogens is 1. The van der Waals surface area contributed by atoms with Crippen LogP contribution in [0.15, 0.2) is 55.4 Å². The molecule has 2 aromatic rings. The third-order valence-electron chi connectivity index (χ3n) is 6.42. The Morgan fingerprint density at radius 3 is 2.59 bits per heavy atom. The predicted molar refractivity (Wildman–Crippen MR) is 129 cm³/mol. The largest absolute Gasteiger partial charge is 0.508 e.